The van der Waals surface area contributed by atoms with E-state index < -0.39 is 11.8 Å². The van der Waals surface area contributed by atoms with Crippen molar-refractivity contribution in [3.63, 3.8) is 0 Å². The lowest BCUT2D eigenvalue weighted by atomic mass is 10.1. The highest BCUT2D eigenvalue weighted by molar-refractivity contribution is 6.30. The number of primary amides is 1. The molecular weight excluding hydrogens is 245 g/mol. The van der Waals surface area contributed by atoms with Gasteiger partial charge in [-0.25, -0.2) is 9.18 Å². The number of hydrogen-bond donors (Lipinski definition) is 2. The van der Waals surface area contributed by atoms with Crippen molar-refractivity contribution in [2.45, 2.75) is 12.6 Å². The zero-order valence-corrected chi connectivity index (χ0v) is 9.88. The molecule has 0 atom stereocenters. The van der Waals surface area contributed by atoms with Crippen LogP contribution in [0.2, 0.25) is 5.02 Å². The summed E-state index contributed by atoms with van der Waals surface area (Å²) in [5.74, 6) is -0.486. The fraction of sp³-hybridized carbons (Fsp3) is 0.364. The first-order valence-corrected chi connectivity index (χ1v) is 5.66. The van der Waals surface area contributed by atoms with Gasteiger partial charge in [0.1, 0.15) is 5.82 Å². The van der Waals surface area contributed by atoms with Gasteiger partial charge in [-0.15, -0.1) is 0 Å². The van der Waals surface area contributed by atoms with Crippen LogP contribution in [0.4, 0.5) is 9.18 Å². The molecule has 4 nitrogen and oxygen atoms in total. The van der Waals surface area contributed by atoms with E-state index in [1.165, 1.54) is 17.0 Å². The zero-order valence-electron chi connectivity index (χ0n) is 9.12. The Balaban J connectivity index is 2.11. The maximum atomic E-state index is 13.2. The van der Waals surface area contributed by atoms with Gasteiger partial charge < -0.3 is 16.0 Å². The monoisotopic (exact) mass is 257 g/mol. The Labute approximate surface area is 104 Å². The van der Waals surface area contributed by atoms with Gasteiger partial charge in [-0.1, -0.05) is 17.7 Å². The predicted molar refractivity (Wildman–Crippen MR) is 63.2 cm³/mol. The molecule has 0 bridgehead atoms. The third kappa shape index (κ3) is 2.68. The molecule has 0 saturated carbocycles. The molecule has 1 aromatic rings. The highest BCUT2D eigenvalue weighted by atomic mass is 35.5. The minimum Gasteiger partial charge on any atom is -0.351 e. The summed E-state index contributed by atoms with van der Waals surface area (Å²) in [5.41, 5.74) is 5.98. The van der Waals surface area contributed by atoms with Crippen LogP contribution in [0.5, 0.6) is 0 Å². The van der Waals surface area contributed by atoms with E-state index in [1.54, 1.807) is 6.07 Å². The molecule has 0 aliphatic carbocycles. The molecule has 0 radical (unpaired) electrons. The zero-order chi connectivity index (χ0) is 12.4. The summed E-state index contributed by atoms with van der Waals surface area (Å²) >= 11 is 5.59. The summed E-state index contributed by atoms with van der Waals surface area (Å²) < 4.78 is 13.2. The van der Waals surface area contributed by atoms with Gasteiger partial charge in [-0.2, -0.15) is 0 Å². The average Bonchev–Trinajstić information content (AvgIpc) is 2.19. The molecule has 1 aliphatic heterocycles. The van der Waals surface area contributed by atoms with E-state index in [9.17, 15) is 9.18 Å². The van der Waals surface area contributed by atoms with E-state index in [4.69, 9.17) is 17.3 Å². The van der Waals surface area contributed by atoms with Gasteiger partial charge in [0.05, 0.1) is 11.1 Å². The summed E-state index contributed by atoms with van der Waals surface area (Å²) in [5, 5.41) is 3.13. The summed E-state index contributed by atoms with van der Waals surface area (Å²) in [6, 6.07) is 4.08. The molecular formula is C11H13ClFN3O. The molecule has 1 heterocycles. The van der Waals surface area contributed by atoms with Crippen LogP contribution >= 0.6 is 11.6 Å². The number of benzene rings is 1. The second-order valence-corrected chi connectivity index (χ2v) is 4.43. The van der Waals surface area contributed by atoms with E-state index in [1.807, 2.05) is 0 Å². The van der Waals surface area contributed by atoms with Crippen LogP contribution in [0.3, 0.4) is 0 Å². The van der Waals surface area contributed by atoms with E-state index >= 15 is 0 Å². The first-order valence-electron chi connectivity index (χ1n) is 5.28. The second kappa shape index (κ2) is 4.89. The number of nitrogens with two attached hydrogens (primary N) is 1. The molecule has 3 N–H and O–H groups in total. The quantitative estimate of drug-likeness (QED) is 0.858. The fourth-order valence-corrected chi connectivity index (χ4v) is 1.83. The van der Waals surface area contributed by atoms with Crippen molar-refractivity contribution in [1.29, 1.82) is 0 Å². The fourth-order valence-electron chi connectivity index (χ4n) is 1.72. The Bertz CT molecular complexity index is 437. The van der Waals surface area contributed by atoms with Gasteiger partial charge in [-0.05, 0) is 17.7 Å². The third-order valence-electron chi connectivity index (χ3n) is 2.82. The lowest BCUT2D eigenvalue weighted by Crippen LogP contribution is -2.59. The number of rotatable bonds is 3. The van der Waals surface area contributed by atoms with E-state index in [-0.39, 0.29) is 11.1 Å². The highest BCUT2D eigenvalue weighted by Crippen LogP contribution is 2.18. The molecule has 1 saturated heterocycles. The second-order valence-electron chi connectivity index (χ2n) is 4.03. The van der Waals surface area contributed by atoms with Crippen LogP contribution in [-0.4, -0.2) is 30.1 Å². The van der Waals surface area contributed by atoms with Crippen molar-refractivity contribution in [2.75, 3.05) is 13.1 Å². The predicted octanol–water partition coefficient (Wildman–Crippen LogP) is 1.33. The molecule has 0 aromatic heterocycles. The van der Waals surface area contributed by atoms with Crippen LogP contribution in [0.25, 0.3) is 0 Å². The Morgan fingerprint density at radius 3 is 2.76 bits per heavy atom. The molecule has 92 valence electrons. The molecule has 17 heavy (non-hydrogen) atoms. The molecule has 2 rings (SSSR count). The van der Waals surface area contributed by atoms with Crippen LogP contribution in [-0.2, 0) is 6.54 Å². The Morgan fingerprint density at radius 2 is 2.29 bits per heavy atom. The summed E-state index contributed by atoms with van der Waals surface area (Å²) in [6.45, 7) is 1.74. The molecule has 1 fully saturated rings. The van der Waals surface area contributed by atoms with Crippen molar-refractivity contribution < 1.29 is 9.18 Å². The first-order chi connectivity index (χ1) is 8.08. The number of carbonyl (C=O) groups excluding carboxylic acids is 1. The number of halogens is 2. The van der Waals surface area contributed by atoms with Crippen molar-refractivity contribution in [3.05, 3.63) is 34.6 Å². The van der Waals surface area contributed by atoms with Gasteiger partial charge in [0.25, 0.3) is 0 Å². The normalized spacial score (nSPS) is 15.4. The minimum atomic E-state index is -0.494. The Morgan fingerprint density at radius 1 is 1.59 bits per heavy atom. The van der Waals surface area contributed by atoms with Gasteiger partial charge in [-0.3, -0.25) is 0 Å². The number of nitrogens with zero attached hydrogens (tertiary/aromatic N) is 1. The minimum absolute atomic E-state index is 0.0738. The molecule has 2 amide bonds. The first kappa shape index (κ1) is 12.1. The number of nitrogens with one attached hydrogen (secondary N) is 1. The molecule has 1 aromatic carbocycles. The number of urea groups is 1. The van der Waals surface area contributed by atoms with E-state index in [0.717, 1.165) is 13.1 Å². The van der Waals surface area contributed by atoms with Crippen molar-refractivity contribution >= 4 is 17.6 Å². The van der Waals surface area contributed by atoms with Gasteiger partial charge in [0.15, 0.2) is 0 Å². The summed E-state index contributed by atoms with van der Waals surface area (Å²) in [7, 11) is 0. The average molecular weight is 258 g/mol. The van der Waals surface area contributed by atoms with Gasteiger partial charge in [0.2, 0.25) is 0 Å². The lowest BCUT2D eigenvalue weighted by Gasteiger charge is -2.37. The molecule has 6 heteroatoms. The van der Waals surface area contributed by atoms with Crippen LogP contribution in [0.15, 0.2) is 18.2 Å². The van der Waals surface area contributed by atoms with Crippen LogP contribution in [0, 0.1) is 5.82 Å². The third-order valence-corrected chi connectivity index (χ3v) is 3.13. The number of carbonyl (C=O) groups is 1. The molecule has 0 unspecified atom stereocenters. The topological polar surface area (TPSA) is 58.4 Å². The van der Waals surface area contributed by atoms with E-state index in [2.05, 4.69) is 5.32 Å². The standard InChI is InChI=1S/C11H13ClFN3O/c12-9-2-1-7(3-10(9)13)6-16(11(14)17)8-4-15-5-8/h1-3,8,15H,4-6H2,(H2,14,17). The van der Waals surface area contributed by atoms with Crippen LogP contribution in [0.1, 0.15) is 5.56 Å². The summed E-state index contributed by atoms with van der Waals surface area (Å²) in [6.07, 6.45) is 0. The molecule has 0 spiro atoms. The smallest absolute Gasteiger partial charge is 0.315 e. The van der Waals surface area contributed by atoms with E-state index in [0.29, 0.717) is 12.1 Å². The maximum absolute atomic E-state index is 13.2. The highest BCUT2D eigenvalue weighted by Gasteiger charge is 2.27. The SMILES string of the molecule is NC(=O)N(Cc1ccc(Cl)c(F)c1)C1CNC1. The van der Waals surface area contributed by atoms with Gasteiger partial charge in [0, 0.05) is 19.6 Å². The maximum Gasteiger partial charge on any atom is 0.315 e. The van der Waals surface area contributed by atoms with Crippen molar-refractivity contribution in [2.24, 2.45) is 5.73 Å². The van der Waals surface area contributed by atoms with Gasteiger partial charge >= 0.3 is 6.03 Å². The Hall–Kier alpha value is -1.33. The van der Waals surface area contributed by atoms with Crippen molar-refractivity contribution in [1.82, 2.24) is 10.2 Å². The van der Waals surface area contributed by atoms with Crippen LogP contribution < -0.4 is 11.1 Å². The number of amides is 2. The Kier molecular flexibility index (Phi) is 3.49. The largest absolute Gasteiger partial charge is 0.351 e. The lowest BCUT2D eigenvalue weighted by molar-refractivity contribution is 0.152. The summed E-state index contributed by atoms with van der Waals surface area (Å²) in [4.78, 5) is 12.8. The number of hydrogen-bond acceptors (Lipinski definition) is 2. The molecule has 1 aliphatic rings. The van der Waals surface area contributed by atoms with Crippen molar-refractivity contribution in [3.8, 4) is 0 Å².